The molecule has 3 nitrogen and oxygen atoms in total. The van der Waals surface area contributed by atoms with E-state index in [1.807, 2.05) is 24.3 Å². The normalized spacial score (nSPS) is 13.8. The second-order valence-corrected chi connectivity index (χ2v) is 5.63. The lowest BCUT2D eigenvalue weighted by Crippen LogP contribution is -2.39. The van der Waals surface area contributed by atoms with Crippen LogP contribution in [0.1, 0.15) is 5.56 Å². The van der Waals surface area contributed by atoms with Crippen molar-refractivity contribution in [3.05, 3.63) is 72.0 Å². The van der Waals surface area contributed by atoms with E-state index in [-0.39, 0.29) is 18.3 Å². The zero-order valence-corrected chi connectivity index (χ0v) is 12.4. The molecule has 0 aliphatic carbocycles. The number of carbonyl (C=O) groups is 1. The van der Waals surface area contributed by atoms with Crippen molar-refractivity contribution >= 4 is 28.1 Å². The first kappa shape index (κ1) is 13.8. The largest absolute Gasteiger partial charge is 0.374 e. The van der Waals surface area contributed by atoms with Crippen LogP contribution in [0.2, 0.25) is 0 Å². The van der Waals surface area contributed by atoms with Gasteiger partial charge in [-0.25, -0.2) is 4.39 Å². The molecule has 0 saturated carbocycles. The molecule has 1 heterocycles. The first-order valence-electron chi connectivity index (χ1n) is 7.53. The van der Waals surface area contributed by atoms with Crippen molar-refractivity contribution in [2.75, 3.05) is 16.8 Å². The van der Waals surface area contributed by atoms with Crippen LogP contribution in [-0.4, -0.2) is 12.5 Å². The molecule has 114 valence electrons. The molecule has 1 N–H and O–H groups in total. The van der Waals surface area contributed by atoms with Gasteiger partial charge in [-0.05, 0) is 34.5 Å². The van der Waals surface area contributed by atoms with E-state index in [0.717, 1.165) is 22.0 Å². The zero-order chi connectivity index (χ0) is 15.8. The van der Waals surface area contributed by atoms with Gasteiger partial charge in [-0.2, -0.15) is 0 Å². The Morgan fingerprint density at radius 3 is 2.78 bits per heavy atom. The van der Waals surface area contributed by atoms with E-state index in [0.29, 0.717) is 12.2 Å². The van der Waals surface area contributed by atoms with Crippen molar-refractivity contribution in [1.82, 2.24) is 0 Å². The standard InChI is InChI=1S/C19H15FN2O/c20-15-8-9-18-17(10-15)21-11-19(23)22(18)12-14-6-3-5-13-4-1-2-7-16(13)14/h1-10,21H,11-12H2. The quantitative estimate of drug-likeness (QED) is 0.778. The molecule has 0 fully saturated rings. The van der Waals surface area contributed by atoms with Crippen molar-refractivity contribution in [1.29, 1.82) is 0 Å². The van der Waals surface area contributed by atoms with Gasteiger partial charge in [-0.1, -0.05) is 42.5 Å². The van der Waals surface area contributed by atoms with Crippen molar-refractivity contribution in [2.45, 2.75) is 6.54 Å². The van der Waals surface area contributed by atoms with E-state index >= 15 is 0 Å². The highest BCUT2D eigenvalue weighted by molar-refractivity contribution is 6.03. The van der Waals surface area contributed by atoms with Crippen LogP contribution >= 0.6 is 0 Å². The summed E-state index contributed by atoms with van der Waals surface area (Å²) in [7, 11) is 0. The van der Waals surface area contributed by atoms with E-state index in [4.69, 9.17) is 0 Å². The number of halogens is 1. The minimum atomic E-state index is -0.310. The molecule has 0 atom stereocenters. The van der Waals surface area contributed by atoms with Gasteiger partial charge in [0.2, 0.25) is 5.91 Å². The Hall–Kier alpha value is -2.88. The molecule has 0 unspecified atom stereocenters. The molecule has 1 amide bonds. The first-order chi connectivity index (χ1) is 11.2. The van der Waals surface area contributed by atoms with Crippen LogP contribution in [0.3, 0.4) is 0 Å². The van der Waals surface area contributed by atoms with E-state index in [1.165, 1.54) is 12.1 Å². The highest BCUT2D eigenvalue weighted by Gasteiger charge is 2.24. The predicted molar refractivity (Wildman–Crippen MR) is 90.0 cm³/mol. The first-order valence-corrected chi connectivity index (χ1v) is 7.53. The second kappa shape index (κ2) is 5.39. The summed E-state index contributed by atoms with van der Waals surface area (Å²) in [6.07, 6.45) is 0. The van der Waals surface area contributed by atoms with Crippen molar-refractivity contribution < 1.29 is 9.18 Å². The SMILES string of the molecule is O=C1CNc2cc(F)ccc2N1Cc1cccc2ccccc12. The highest BCUT2D eigenvalue weighted by atomic mass is 19.1. The number of fused-ring (bicyclic) bond motifs is 2. The summed E-state index contributed by atoms with van der Waals surface area (Å²) >= 11 is 0. The highest BCUT2D eigenvalue weighted by Crippen LogP contribution is 2.32. The zero-order valence-electron chi connectivity index (χ0n) is 12.4. The average molecular weight is 306 g/mol. The molecule has 0 radical (unpaired) electrons. The molecule has 0 spiro atoms. The van der Waals surface area contributed by atoms with Crippen molar-refractivity contribution in [3.8, 4) is 0 Å². The molecule has 3 aromatic rings. The van der Waals surface area contributed by atoms with Crippen LogP contribution in [0, 0.1) is 5.82 Å². The smallest absolute Gasteiger partial charge is 0.246 e. The number of nitrogens with one attached hydrogen (secondary N) is 1. The fourth-order valence-electron chi connectivity index (χ4n) is 3.06. The average Bonchev–Trinajstić information content (AvgIpc) is 2.57. The third kappa shape index (κ3) is 2.42. The summed E-state index contributed by atoms with van der Waals surface area (Å²) in [6.45, 7) is 0.654. The van der Waals surface area contributed by atoms with Crippen LogP contribution in [-0.2, 0) is 11.3 Å². The maximum atomic E-state index is 13.4. The maximum absolute atomic E-state index is 13.4. The van der Waals surface area contributed by atoms with Crippen LogP contribution in [0.15, 0.2) is 60.7 Å². The van der Waals surface area contributed by atoms with Gasteiger partial charge in [0.15, 0.2) is 0 Å². The molecule has 0 bridgehead atoms. The number of anilines is 2. The Balaban J connectivity index is 1.77. The van der Waals surface area contributed by atoms with Crippen molar-refractivity contribution in [3.63, 3.8) is 0 Å². The van der Waals surface area contributed by atoms with Gasteiger partial charge in [0.05, 0.1) is 24.5 Å². The van der Waals surface area contributed by atoms with Gasteiger partial charge >= 0.3 is 0 Å². The van der Waals surface area contributed by atoms with E-state index < -0.39 is 0 Å². The number of rotatable bonds is 2. The Morgan fingerprint density at radius 2 is 1.87 bits per heavy atom. The summed E-state index contributed by atoms with van der Waals surface area (Å²) < 4.78 is 13.4. The third-order valence-electron chi connectivity index (χ3n) is 4.19. The molecule has 4 heteroatoms. The minimum Gasteiger partial charge on any atom is -0.374 e. The fraction of sp³-hybridized carbons (Fsp3) is 0.105. The lowest BCUT2D eigenvalue weighted by Gasteiger charge is -2.30. The third-order valence-corrected chi connectivity index (χ3v) is 4.19. The molecule has 1 aliphatic heterocycles. The van der Waals surface area contributed by atoms with Gasteiger partial charge < -0.3 is 10.2 Å². The lowest BCUT2D eigenvalue weighted by molar-refractivity contribution is -0.117. The van der Waals surface area contributed by atoms with Gasteiger partial charge in [0.25, 0.3) is 0 Å². The van der Waals surface area contributed by atoms with Gasteiger partial charge in [-0.15, -0.1) is 0 Å². The fourth-order valence-corrected chi connectivity index (χ4v) is 3.06. The molecule has 4 rings (SSSR count). The lowest BCUT2D eigenvalue weighted by atomic mass is 10.0. The van der Waals surface area contributed by atoms with Gasteiger partial charge in [0.1, 0.15) is 5.82 Å². The number of carbonyl (C=O) groups excluding carboxylic acids is 1. The maximum Gasteiger partial charge on any atom is 0.246 e. The number of benzene rings is 3. The molecule has 23 heavy (non-hydrogen) atoms. The number of amides is 1. The molecular formula is C19H15FN2O. The number of nitrogens with zero attached hydrogens (tertiary/aromatic N) is 1. The van der Waals surface area contributed by atoms with Crippen LogP contribution < -0.4 is 10.2 Å². The molecule has 0 saturated heterocycles. The summed E-state index contributed by atoms with van der Waals surface area (Å²) in [4.78, 5) is 14.1. The summed E-state index contributed by atoms with van der Waals surface area (Å²) in [6, 6.07) is 18.7. The van der Waals surface area contributed by atoms with Crippen LogP contribution in [0.25, 0.3) is 10.8 Å². The summed E-state index contributed by atoms with van der Waals surface area (Å²) in [5.74, 6) is -0.326. The monoisotopic (exact) mass is 306 g/mol. The van der Waals surface area contributed by atoms with Crippen LogP contribution in [0.5, 0.6) is 0 Å². The van der Waals surface area contributed by atoms with Crippen LogP contribution in [0.4, 0.5) is 15.8 Å². The second-order valence-electron chi connectivity index (χ2n) is 5.63. The minimum absolute atomic E-state index is 0.0166. The number of hydrogen-bond donors (Lipinski definition) is 1. The molecule has 0 aromatic heterocycles. The van der Waals surface area contributed by atoms with E-state index in [2.05, 4.69) is 23.5 Å². The molecular weight excluding hydrogens is 291 g/mol. The Kier molecular flexibility index (Phi) is 3.23. The Labute approximate surface area is 133 Å². The predicted octanol–water partition coefficient (Wildman–Crippen LogP) is 3.94. The summed E-state index contributed by atoms with van der Waals surface area (Å²) in [5, 5.41) is 5.25. The molecule has 1 aliphatic rings. The topological polar surface area (TPSA) is 32.3 Å². The molecule has 3 aromatic carbocycles. The van der Waals surface area contributed by atoms with E-state index in [9.17, 15) is 9.18 Å². The van der Waals surface area contributed by atoms with Gasteiger partial charge in [-0.3, -0.25) is 4.79 Å². The summed E-state index contributed by atoms with van der Waals surface area (Å²) in [5.41, 5.74) is 2.45. The Morgan fingerprint density at radius 1 is 1.04 bits per heavy atom. The van der Waals surface area contributed by atoms with E-state index in [1.54, 1.807) is 11.0 Å². The van der Waals surface area contributed by atoms with Crippen molar-refractivity contribution in [2.24, 2.45) is 0 Å². The van der Waals surface area contributed by atoms with Gasteiger partial charge in [0, 0.05) is 0 Å². The number of hydrogen-bond acceptors (Lipinski definition) is 2. The Bertz CT molecular complexity index is 902.